The monoisotopic (exact) mass is 411 g/mol. The van der Waals surface area contributed by atoms with Crippen LogP contribution in [-0.2, 0) is 0 Å². The van der Waals surface area contributed by atoms with Crippen LogP contribution in [0.15, 0.2) is 96.7 Å². The van der Waals surface area contributed by atoms with Crippen LogP contribution in [0, 0.1) is 13.8 Å². The van der Waals surface area contributed by atoms with E-state index in [4.69, 9.17) is 5.73 Å². The van der Waals surface area contributed by atoms with Crippen LogP contribution >= 0.6 is 0 Å². The van der Waals surface area contributed by atoms with E-state index in [0.29, 0.717) is 22.8 Å². The van der Waals surface area contributed by atoms with Crippen LogP contribution in [0.25, 0.3) is 0 Å². The van der Waals surface area contributed by atoms with Gasteiger partial charge in [-0.15, -0.1) is 0 Å². The first-order valence-corrected chi connectivity index (χ1v) is 9.78. The normalized spacial score (nSPS) is 11.4. The molecule has 0 spiro atoms. The van der Waals surface area contributed by atoms with Gasteiger partial charge >= 0.3 is 0 Å². The lowest BCUT2D eigenvalue weighted by Crippen LogP contribution is -2.12. The van der Waals surface area contributed by atoms with Gasteiger partial charge in [-0.1, -0.05) is 30.3 Å². The van der Waals surface area contributed by atoms with Crippen molar-refractivity contribution in [2.75, 3.05) is 10.6 Å². The summed E-state index contributed by atoms with van der Waals surface area (Å²) in [7, 11) is 0. The zero-order valence-corrected chi connectivity index (χ0v) is 17.6. The minimum atomic E-state index is -0.168. The van der Waals surface area contributed by atoms with E-state index in [-0.39, 0.29) is 5.91 Å². The minimum absolute atomic E-state index is 0.168. The van der Waals surface area contributed by atoms with Gasteiger partial charge in [0.05, 0.1) is 5.71 Å². The van der Waals surface area contributed by atoms with Crippen molar-refractivity contribution in [1.29, 1.82) is 0 Å². The van der Waals surface area contributed by atoms with Gasteiger partial charge in [-0.2, -0.15) is 0 Å². The molecule has 0 atom stereocenters. The predicted molar refractivity (Wildman–Crippen MR) is 127 cm³/mol. The van der Waals surface area contributed by atoms with Crippen molar-refractivity contribution in [3.63, 3.8) is 0 Å². The SMILES string of the molecule is C=C(N=C(/C=C\N)c1cccnc1)Nc1cc(NC(=O)c2ccc(C)cc2)ccc1C. The topological polar surface area (TPSA) is 92.4 Å². The van der Waals surface area contributed by atoms with Crippen molar-refractivity contribution in [3.8, 4) is 0 Å². The van der Waals surface area contributed by atoms with Gasteiger partial charge in [-0.25, -0.2) is 4.99 Å². The summed E-state index contributed by atoms with van der Waals surface area (Å²) in [6.07, 6.45) is 6.51. The maximum atomic E-state index is 12.5. The average Bonchev–Trinajstić information content (AvgIpc) is 2.77. The molecule has 6 nitrogen and oxygen atoms in total. The number of pyridine rings is 1. The summed E-state index contributed by atoms with van der Waals surface area (Å²) < 4.78 is 0. The van der Waals surface area contributed by atoms with Gasteiger partial charge in [0.2, 0.25) is 0 Å². The van der Waals surface area contributed by atoms with Crippen molar-refractivity contribution < 1.29 is 4.79 Å². The zero-order chi connectivity index (χ0) is 22.2. The molecule has 1 heterocycles. The standard InChI is InChI=1S/C25H25N5O/c1-17-6-9-20(10-7-17)25(31)30-22-11-8-18(2)24(15-22)29-19(3)28-23(12-13-26)21-5-4-14-27-16-21/h4-16,29H,3,26H2,1-2H3,(H,30,31)/b13-12-,28-23?. The first-order valence-electron chi connectivity index (χ1n) is 9.78. The molecule has 6 heteroatoms. The Morgan fingerprint density at radius 2 is 1.84 bits per heavy atom. The summed E-state index contributed by atoms with van der Waals surface area (Å²) in [6.45, 7) is 7.95. The number of nitrogens with two attached hydrogens (primary N) is 1. The van der Waals surface area contributed by atoms with Crippen LogP contribution in [0.2, 0.25) is 0 Å². The first kappa shape index (κ1) is 21.5. The largest absolute Gasteiger partial charge is 0.405 e. The molecule has 31 heavy (non-hydrogen) atoms. The minimum Gasteiger partial charge on any atom is -0.405 e. The number of hydrogen-bond donors (Lipinski definition) is 3. The van der Waals surface area contributed by atoms with E-state index in [1.165, 1.54) is 6.20 Å². The van der Waals surface area contributed by atoms with E-state index in [2.05, 4.69) is 27.2 Å². The lowest BCUT2D eigenvalue weighted by Gasteiger charge is -2.13. The third-order valence-corrected chi connectivity index (χ3v) is 4.55. The van der Waals surface area contributed by atoms with Gasteiger partial charge in [0, 0.05) is 34.9 Å². The number of carbonyl (C=O) groups is 1. The molecule has 0 saturated heterocycles. The number of rotatable bonds is 7. The summed E-state index contributed by atoms with van der Waals surface area (Å²) in [5.74, 6) is 0.265. The molecule has 0 unspecified atom stereocenters. The van der Waals surface area contributed by atoms with E-state index in [1.54, 1.807) is 30.6 Å². The van der Waals surface area contributed by atoms with E-state index in [9.17, 15) is 4.79 Å². The third kappa shape index (κ3) is 5.90. The maximum absolute atomic E-state index is 12.5. The molecule has 0 aliphatic rings. The first-order chi connectivity index (χ1) is 15.0. The number of anilines is 2. The molecule has 4 N–H and O–H groups in total. The number of aromatic nitrogens is 1. The summed E-state index contributed by atoms with van der Waals surface area (Å²) in [4.78, 5) is 21.2. The number of carbonyl (C=O) groups excluding carboxylic acids is 1. The number of benzene rings is 2. The highest BCUT2D eigenvalue weighted by atomic mass is 16.1. The fourth-order valence-electron chi connectivity index (χ4n) is 2.87. The molecule has 156 valence electrons. The Morgan fingerprint density at radius 3 is 2.52 bits per heavy atom. The molecule has 3 aromatic rings. The summed E-state index contributed by atoms with van der Waals surface area (Å²) in [5, 5.41) is 6.13. The smallest absolute Gasteiger partial charge is 0.255 e. The maximum Gasteiger partial charge on any atom is 0.255 e. The Kier molecular flexibility index (Phi) is 6.96. The van der Waals surface area contributed by atoms with Crippen molar-refractivity contribution in [2.24, 2.45) is 10.7 Å². The van der Waals surface area contributed by atoms with E-state index >= 15 is 0 Å². The predicted octanol–water partition coefficient (Wildman–Crippen LogP) is 4.80. The second-order valence-corrected chi connectivity index (χ2v) is 7.02. The van der Waals surface area contributed by atoms with Crippen LogP contribution in [-0.4, -0.2) is 16.6 Å². The van der Waals surface area contributed by atoms with Crippen molar-refractivity contribution >= 4 is 23.0 Å². The number of aliphatic imine (C=N–C) groups is 1. The fraction of sp³-hybridized carbons (Fsp3) is 0.0800. The Labute approximate surface area is 182 Å². The number of hydrogen-bond acceptors (Lipinski definition) is 5. The second-order valence-electron chi connectivity index (χ2n) is 7.02. The fourth-order valence-corrected chi connectivity index (χ4v) is 2.87. The Morgan fingerprint density at radius 1 is 1.06 bits per heavy atom. The van der Waals surface area contributed by atoms with Crippen LogP contribution in [0.5, 0.6) is 0 Å². The highest BCUT2D eigenvalue weighted by molar-refractivity contribution is 6.09. The molecule has 0 fully saturated rings. The van der Waals surface area contributed by atoms with Gasteiger partial charge in [-0.3, -0.25) is 9.78 Å². The molecular formula is C25H25N5O. The molecule has 1 aromatic heterocycles. The van der Waals surface area contributed by atoms with Crippen LogP contribution in [0.4, 0.5) is 11.4 Å². The van der Waals surface area contributed by atoms with Crippen LogP contribution < -0.4 is 16.4 Å². The lowest BCUT2D eigenvalue weighted by molar-refractivity contribution is 0.102. The number of aryl methyl sites for hydroxylation is 2. The number of nitrogens with one attached hydrogen (secondary N) is 2. The van der Waals surface area contributed by atoms with Gasteiger partial charge in [0.15, 0.2) is 0 Å². The summed E-state index contributed by atoms with van der Waals surface area (Å²) >= 11 is 0. The van der Waals surface area contributed by atoms with Gasteiger partial charge in [-0.05, 0) is 68.1 Å². The van der Waals surface area contributed by atoms with E-state index in [1.807, 2.05) is 56.3 Å². The van der Waals surface area contributed by atoms with Crippen molar-refractivity contribution in [1.82, 2.24) is 4.98 Å². The molecule has 0 saturated carbocycles. The van der Waals surface area contributed by atoms with E-state index in [0.717, 1.165) is 22.4 Å². The molecule has 0 bridgehead atoms. The molecule has 3 rings (SSSR count). The summed E-state index contributed by atoms with van der Waals surface area (Å²) in [5.41, 5.74) is 11.2. The Hall–Kier alpha value is -4.19. The molecule has 0 aliphatic heterocycles. The quantitative estimate of drug-likeness (QED) is 0.487. The van der Waals surface area contributed by atoms with E-state index < -0.39 is 0 Å². The van der Waals surface area contributed by atoms with Gasteiger partial charge in [0.25, 0.3) is 5.91 Å². The lowest BCUT2D eigenvalue weighted by atomic mass is 10.1. The molecule has 0 aliphatic carbocycles. The number of nitrogens with zero attached hydrogens (tertiary/aromatic N) is 2. The third-order valence-electron chi connectivity index (χ3n) is 4.55. The Balaban J connectivity index is 1.77. The highest BCUT2D eigenvalue weighted by Crippen LogP contribution is 2.22. The molecule has 1 amide bonds. The molecule has 0 radical (unpaired) electrons. The van der Waals surface area contributed by atoms with Crippen LogP contribution in [0.3, 0.4) is 0 Å². The highest BCUT2D eigenvalue weighted by Gasteiger charge is 2.08. The van der Waals surface area contributed by atoms with Gasteiger partial charge in [0.1, 0.15) is 5.82 Å². The zero-order valence-electron chi connectivity index (χ0n) is 17.6. The summed E-state index contributed by atoms with van der Waals surface area (Å²) in [6, 6.07) is 16.8. The molecular weight excluding hydrogens is 386 g/mol. The number of amides is 1. The second kappa shape index (κ2) is 10.0. The average molecular weight is 412 g/mol. The van der Waals surface area contributed by atoms with Crippen molar-refractivity contribution in [3.05, 3.63) is 114 Å². The number of allylic oxidation sites excluding steroid dienone is 1. The van der Waals surface area contributed by atoms with Crippen molar-refractivity contribution in [2.45, 2.75) is 13.8 Å². The van der Waals surface area contributed by atoms with Crippen LogP contribution in [0.1, 0.15) is 27.0 Å². The Bertz CT molecular complexity index is 1130. The molecule has 2 aromatic carbocycles. The van der Waals surface area contributed by atoms with Gasteiger partial charge < -0.3 is 16.4 Å².